The van der Waals surface area contributed by atoms with E-state index < -0.39 is 0 Å². The molecule has 2 aromatic carbocycles. The normalized spacial score (nSPS) is 10.8. The Hall–Kier alpha value is -3.33. The lowest BCUT2D eigenvalue weighted by Crippen LogP contribution is -2.30. The second-order valence-electron chi connectivity index (χ2n) is 7.11. The first kappa shape index (κ1) is 22.4. The standard InChI is InChI=1S/C22H28FN7O/c1-2-30-21(27-28-29-30)18-6-5-7-20(16-18)26-22(31)25-14-4-3-13-24-15-12-17-8-10-19(23)11-9-17/h5-11,16,24H,2-4,12-15H2,1H3,(H2,25,26,31). The van der Waals surface area contributed by atoms with E-state index in [2.05, 4.69) is 31.5 Å². The van der Waals surface area contributed by atoms with Gasteiger partial charge >= 0.3 is 6.03 Å². The highest BCUT2D eigenvalue weighted by Crippen LogP contribution is 2.20. The predicted molar refractivity (Wildman–Crippen MR) is 118 cm³/mol. The molecule has 0 fully saturated rings. The molecule has 0 spiro atoms. The molecule has 3 rings (SSSR count). The van der Waals surface area contributed by atoms with Gasteiger partial charge in [-0.3, -0.25) is 0 Å². The van der Waals surface area contributed by atoms with Crippen LogP contribution in [0.3, 0.4) is 0 Å². The van der Waals surface area contributed by atoms with Gasteiger partial charge in [-0.25, -0.2) is 13.9 Å². The van der Waals surface area contributed by atoms with E-state index in [1.807, 2.05) is 31.2 Å². The molecule has 2 amide bonds. The predicted octanol–water partition coefficient (Wildman–Crippen LogP) is 3.23. The highest BCUT2D eigenvalue weighted by atomic mass is 19.1. The Bertz CT molecular complexity index is 959. The van der Waals surface area contributed by atoms with E-state index in [0.717, 1.165) is 43.5 Å². The molecule has 0 saturated carbocycles. The Labute approximate surface area is 181 Å². The minimum Gasteiger partial charge on any atom is -0.338 e. The Morgan fingerprint density at radius 3 is 2.68 bits per heavy atom. The summed E-state index contributed by atoms with van der Waals surface area (Å²) in [7, 11) is 0. The van der Waals surface area contributed by atoms with Crippen molar-refractivity contribution in [3.8, 4) is 11.4 Å². The topological polar surface area (TPSA) is 96.8 Å². The number of benzene rings is 2. The molecule has 0 saturated heterocycles. The Balaban J connectivity index is 1.30. The molecule has 164 valence electrons. The van der Waals surface area contributed by atoms with Crippen LogP contribution in [0.25, 0.3) is 11.4 Å². The molecule has 0 radical (unpaired) electrons. The monoisotopic (exact) mass is 425 g/mol. The van der Waals surface area contributed by atoms with Crippen LogP contribution in [0.1, 0.15) is 25.3 Å². The van der Waals surface area contributed by atoms with Crippen LogP contribution in [0.15, 0.2) is 48.5 Å². The van der Waals surface area contributed by atoms with Crippen LogP contribution < -0.4 is 16.0 Å². The lowest BCUT2D eigenvalue weighted by atomic mass is 10.1. The Morgan fingerprint density at radius 1 is 1.06 bits per heavy atom. The third-order valence-electron chi connectivity index (χ3n) is 4.78. The highest BCUT2D eigenvalue weighted by molar-refractivity contribution is 5.89. The molecule has 0 atom stereocenters. The lowest BCUT2D eigenvalue weighted by molar-refractivity contribution is 0.252. The van der Waals surface area contributed by atoms with Crippen LogP contribution in [0.2, 0.25) is 0 Å². The summed E-state index contributed by atoms with van der Waals surface area (Å²) in [6.07, 6.45) is 2.70. The molecule has 9 heteroatoms. The highest BCUT2D eigenvalue weighted by Gasteiger charge is 2.09. The van der Waals surface area contributed by atoms with E-state index in [9.17, 15) is 9.18 Å². The molecule has 0 bridgehead atoms. The first-order chi connectivity index (χ1) is 15.2. The summed E-state index contributed by atoms with van der Waals surface area (Å²) in [5.74, 6) is 0.456. The molecule has 0 unspecified atom stereocenters. The summed E-state index contributed by atoms with van der Waals surface area (Å²) in [5.41, 5.74) is 2.64. The van der Waals surface area contributed by atoms with E-state index in [-0.39, 0.29) is 11.8 Å². The van der Waals surface area contributed by atoms with Crippen LogP contribution in [0.4, 0.5) is 14.9 Å². The number of urea groups is 1. The van der Waals surface area contributed by atoms with Gasteiger partial charge in [0.1, 0.15) is 5.82 Å². The van der Waals surface area contributed by atoms with Crippen LogP contribution >= 0.6 is 0 Å². The number of hydrogen-bond acceptors (Lipinski definition) is 5. The number of aromatic nitrogens is 4. The van der Waals surface area contributed by atoms with Gasteiger partial charge in [0, 0.05) is 24.3 Å². The van der Waals surface area contributed by atoms with Crippen molar-refractivity contribution in [1.82, 2.24) is 30.8 Å². The van der Waals surface area contributed by atoms with Gasteiger partial charge < -0.3 is 16.0 Å². The maximum Gasteiger partial charge on any atom is 0.319 e. The second kappa shape index (κ2) is 11.8. The number of carbonyl (C=O) groups excluding carboxylic acids is 1. The summed E-state index contributed by atoms with van der Waals surface area (Å²) in [6, 6.07) is 13.8. The molecule has 0 aliphatic heterocycles. The zero-order chi connectivity index (χ0) is 21.9. The molecule has 31 heavy (non-hydrogen) atoms. The molecular weight excluding hydrogens is 397 g/mol. The number of anilines is 1. The summed E-state index contributed by atoms with van der Waals surface area (Å²) in [6.45, 7) is 4.95. The van der Waals surface area contributed by atoms with E-state index in [1.165, 1.54) is 12.1 Å². The molecule has 1 aromatic heterocycles. The zero-order valence-corrected chi connectivity index (χ0v) is 17.6. The van der Waals surface area contributed by atoms with Gasteiger partial charge in [0.05, 0.1) is 0 Å². The number of nitrogens with one attached hydrogen (secondary N) is 3. The second-order valence-corrected chi connectivity index (χ2v) is 7.11. The fourth-order valence-corrected chi connectivity index (χ4v) is 3.12. The van der Waals surface area contributed by atoms with E-state index in [4.69, 9.17) is 0 Å². The van der Waals surface area contributed by atoms with Gasteiger partial charge in [-0.15, -0.1) is 5.10 Å². The fraction of sp³-hybridized carbons (Fsp3) is 0.364. The van der Waals surface area contributed by atoms with Crippen molar-refractivity contribution in [2.24, 2.45) is 0 Å². The number of rotatable bonds is 11. The number of carbonyl (C=O) groups is 1. The van der Waals surface area contributed by atoms with Crippen LogP contribution in [0, 0.1) is 5.82 Å². The molecular formula is C22H28FN7O. The first-order valence-corrected chi connectivity index (χ1v) is 10.5. The van der Waals surface area contributed by atoms with Crippen molar-refractivity contribution in [3.63, 3.8) is 0 Å². The largest absolute Gasteiger partial charge is 0.338 e. The summed E-state index contributed by atoms with van der Waals surface area (Å²) >= 11 is 0. The maximum atomic E-state index is 12.9. The number of halogens is 1. The number of amides is 2. The summed E-state index contributed by atoms with van der Waals surface area (Å²) in [5, 5.41) is 20.8. The van der Waals surface area contributed by atoms with E-state index in [1.54, 1.807) is 16.8 Å². The molecule has 0 aliphatic rings. The third kappa shape index (κ3) is 7.14. The number of unbranched alkanes of at least 4 members (excludes halogenated alkanes) is 1. The Morgan fingerprint density at radius 2 is 1.87 bits per heavy atom. The molecule has 3 N–H and O–H groups in total. The van der Waals surface area contributed by atoms with Crippen molar-refractivity contribution in [2.45, 2.75) is 32.7 Å². The maximum absolute atomic E-state index is 12.9. The van der Waals surface area contributed by atoms with Crippen molar-refractivity contribution >= 4 is 11.7 Å². The van der Waals surface area contributed by atoms with Crippen LogP contribution in [-0.4, -0.2) is 45.9 Å². The quantitative estimate of drug-likeness (QED) is 0.410. The third-order valence-corrected chi connectivity index (χ3v) is 4.78. The fourth-order valence-electron chi connectivity index (χ4n) is 3.12. The number of aryl methyl sites for hydroxylation is 1. The van der Waals surface area contributed by atoms with Gasteiger partial charge in [-0.2, -0.15) is 0 Å². The van der Waals surface area contributed by atoms with Gasteiger partial charge in [0.2, 0.25) is 0 Å². The smallest absolute Gasteiger partial charge is 0.319 e. The number of tetrazole rings is 1. The Kier molecular flexibility index (Phi) is 8.48. The van der Waals surface area contributed by atoms with Gasteiger partial charge in [0.15, 0.2) is 5.82 Å². The molecule has 1 heterocycles. The minimum absolute atomic E-state index is 0.209. The van der Waals surface area contributed by atoms with Crippen molar-refractivity contribution in [3.05, 3.63) is 59.9 Å². The summed E-state index contributed by atoms with van der Waals surface area (Å²) < 4.78 is 14.6. The number of hydrogen-bond donors (Lipinski definition) is 3. The minimum atomic E-state index is -0.239. The van der Waals surface area contributed by atoms with E-state index >= 15 is 0 Å². The zero-order valence-electron chi connectivity index (χ0n) is 17.6. The number of nitrogens with zero attached hydrogens (tertiary/aromatic N) is 4. The SMILES string of the molecule is CCn1nnnc1-c1cccc(NC(=O)NCCCCNCCc2ccc(F)cc2)c1. The lowest BCUT2D eigenvalue weighted by Gasteiger charge is -2.09. The molecule has 0 aliphatic carbocycles. The van der Waals surface area contributed by atoms with Crippen LogP contribution in [-0.2, 0) is 13.0 Å². The molecule has 3 aromatic rings. The van der Waals surface area contributed by atoms with Crippen LogP contribution in [0.5, 0.6) is 0 Å². The molecule has 8 nitrogen and oxygen atoms in total. The van der Waals surface area contributed by atoms with Gasteiger partial charge in [0.25, 0.3) is 0 Å². The van der Waals surface area contributed by atoms with Crippen molar-refractivity contribution < 1.29 is 9.18 Å². The average molecular weight is 426 g/mol. The first-order valence-electron chi connectivity index (χ1n) is 10.5. The summed E-state index contributed by atoms with van der Waals surface area (Å²) in [4.78, 5) is 12.1. The van der Waals surface area contributed by atoms with E-state index in [0.29, 0.717) is 24.6 Å². The van der Waals surface area contributed by atoms with Crippen molar-refractivity contribution in [2.75, 3.05) is 25.0 Å². The average Bonchev–Trinajstić information content (AvgIpc) is 3.26. The van der Waals surface area contributed by atoms with Gasteiger partial charge in [-0.1, -0.05) is 24.3 Å². The van der Waals surface area contributed by atoms with Crippen molar-refractivity contribution in [1.29, 1.82) is 0 Å². The van der Waals surface area contributed by atoms with Gasteiger partial charge in [-0.05, 0) is 79.5 Å².